The molecule has 0 spiro atoms. The number of amides is 1. The van der Waals surface area contributed by atoms with Crippen molar-refractivity contribution in [1.29, 1.82) is 0 Å². The minimum absolute atomic E-state index is 0.0362. The molecule has 2 N–H and O–H groups in total. The number of nitrogens with one attached hydrogen (secondary N) is 1. The average molecular weight is 345 g/mol. The topological polar surface area (TPSA) is 58.6 Å². The van der Waals surface area contributed by atoms with Crippen LogP contribution < -0.4 is 10.1 Å². The van der Waals surface area contributed by atoms with Crippen molar-refractivity contribution in [2.45, 2.75) is 38.3 Å². The lowest BCUT2D eigenvalue weighted by Gasteiger charge is -2.22. The zero-order valence-electron chi connectivity index (χ0n) is 14.7. The van der Waals surface area contributed by atoms with Gasteiger partial charge in [-0.3, -0.25) is 4.79 Å². The van der Waals surface area contributed by atoms with Gasteiger partial charge in [0.05, 0.1) is 19.3 Å². The molecular weight excluding hydrogens is 321 g/mol. The Morgan fingerprint density at radius 2 is 1.64 bits per heavy atom. The number of benzene rings is 2. The maximum absolute atomic E-state index is 13.0. The second-order valence-electron chi connectivity index (χ2n) is 6.23. The highest BCUT2D eigenvalue weighted by Crippen LogP contribution is 2.22. The molecule has 0 saturated heterocycles. The number of ether oxygens (including phenoxy) is 1. The molecule has 3 atom stereocenters. The Kier molecular flexibility index (Phi) is 6.53. The lowest BCUT2D eigenvalue weighted by atomic mass is 9.97. The fraction of sp³-hybridized carbons (Fsp3) is 0.350. The first-order valence-corrected chi connectivity index (χ1v) is 8.27. The molecule has 2 aromatic rings. The van der Waals surface area contributed by atoms with Crippen molar-refractivity contribution in [2.24, 2.45) is 0 Å². The van der Waals surface area contributed by atoms with E-state index in [-0.39, 0.29) is 24.1 Å². The Morgan fingerprint density at radius 1 is 1.08 bits per heavy atom. The van der Waals surface area contributed by atoms with Crippen LogP contribution in [0.2, 0.25) is 0 Å². The number of methoxy groups -OCH3 is 1. The van der Waals surface area contributed by atoms with E-state index in [0.29, 0.717) is 11.3 Å². The van der Waals surface area contributed by atoms with Crippen molar-refractivity contribution >= 4 is 5.91 Å². The van der Waals surface area contributed by atoms with Gasteiger partial charge in [0.1, 0.15) is 11.6 Å². The molecule has 4 nitrogen and oxygen atoms in total. The van der Waals surface area contributed by atoms with Crippen molar-refractivity contribution in [3.63, 3.8) is 0 Å². The normalized spacial score (nSPS) is 14.4. The lowest BCUT2D eigenvalue weighted by Crippen LogP contribution is -2.37. The maximum atomic E-state index is 13.0. The number of aliphatic hydroxyl groups is 1. The summed E-state index contributed by atoms with van der Waals surface area (Å²) in [5.74, 6) is 0.222. The SMILES string of the molecule is COc1ccc(C(O)C(C)NC(=O)CC(C)c2ccc(F)cc2)cc1. The van der Waals surface area contributed by atoms with Crippen LogP contribution in [0.25, 0.3) is 0 Å². The summed E-state index contributed by atoms with van der Waals surface area (Å²) >= 11 is 0. The minimum Gasteiger partial charge on any atom is -0.497 e. The van der Waals surface area contributed by atoms with Crippen molar-refractivity contribution in [3.05, 3.63) is 65.5 Å². The lowest BCUT2D eigenvalue weighted by molar-refractivity contribution is -0.122. The molecule has 25 heavy (non-hydrogen) atoms. The standard InChI is InChI=1S/C20H24FNO3/c1-13(15-4-8-17(21)9-5-15)12-19(23)22-14(2)20(24)16-6-10-18(25-3)11-7-16/h4-11,13-14,20,24H,12H2,1-3H3,(H,22,23). The Bertz CT molecular complexity index is 685. The molecule has 0 aliphatic carbocycles. The summed E-state index contributed by atoms with van der Waals surface area (Å²) in [6.45, 7) is 3.67. The highest BCUT2D eigenvalue weighted by atomic mass is 19.1. The predicted molar refractivity (Wildman–Crippen MR) is 95.0 cm³/mol. The van der Waals surface area contributed by atoms with Gasteiger partial charge in [-0.1, -0.05) is 31.2 Å². The van der Waals surface area contributed by atoms with Crippen molar-refractivity contribution in [3.8, 4) is 5.75 Å². The van der Waals surface area contributed by atoms with Crippen LogP contribution in [0.1, 0.15) is 43.4 Å². The van der Waals surface area contributed by atoms with E-state index in [4.69, 9.17) is 4.74 Å². The van der Waals surface area contributed by atoms with Crippen LogP contribution in [-0.4, -0.2) is 24.2 Å². The molecule has 1 amide bonds. The predicted octanol–water partition coefficient (Wildman–Crippen LogP) is 3.57. The third-order valence-corrected chi connectivity index (χ3v) is 4.25. The van der Waals surface area contributed by atoms with Crippen molar-refractivity contribution in [1.82, 2.24) is 5.32 Å². The van der Waals surface area contributed by atoms with E-state index in [0.717, 1.165) is 5.56 Å². The summed E-state index contributed by atoms with van der Waals surface area (Å²) < 4.78 is 18.1. The molecule has 134 valence electrons. The fourth-order valence-electron chi connectivity index (χ4n) is 2.67. The van der Waals surface area contributed by atoms with Gasteiger partial charge in [0, 0.05) is 6.42 Å². The summed E-state index contributed by atoms with van der Waals surface area (Å²) in [5, 5.41) is 13.2. The number of carbonyl (C=O) groups excluding carboxylic acids is 1. The maximum Gasteiger partial charge on any atom is 0.220 e. The van der Waals surface area contributed by atoms with E-state index in [1.165, 1.54) is 12.1 Å². The summed E-state index contributed by atoms with van der Waals surface area (Å²) in [7, 11) is 1.58. The number of carbonyl (C=O) groups is 1. The number of hydrogen-bond donors (Lipinski definition) is 2. The Morgan fingerprint density at radius 3 is 2.20 bits per heavy atom. The second-order valence-corrected chi connectivity index (χ2v) is 6.23. The number of halogens is 1. The molecule has 0 aliphatic rings. The fourth-order valence-corrected chi connectivity index (χ4v) is 2.67. The summed E-state index contributed by atoms with van der Waals surface area (Å²) in [5.41, 5.74) is 1.61. The smallest absolute Gasteiger partial charge is 0.220 e. The molecule has 2 aromatic carbocycles. The van der Waals surface area contributed by atoms with Crippen LogP contribution in [-0.2, 0) is 4.79 Å². The van der Waals surface area contributed by atoms with Gasteiger partial charge in [-0.25, -0.2) is 4.39 Å². The molecule has 0 aliphatic heterocycles. The summed E-state index contributed by atoms with van der Waals surface area (Å²) in [4.78, 5) is 12.2. The zero-order chi connectivity index (χ0) is 18.4. The molecule has 2 rings (SSSR count). The van der Waals surface area contributed by atoms with E-state index < -0.39 is 12.1 Å². The monoisotopic (exact) mass is 345 g/mol. The molecule has 0 bridgehead atoms. The molecule has 0 saturated carbocycles. The van der Waals surface area contributed by atoms with Crippen LogP contribution >= 0.6 is 0 Å². The van der Waals surface area contributed by atoms with Crippen LogP contribution in [0.4, 0.5) is 4.39 Å². The molecule has 3 unspecified atom stereocenters. The van der Waals surface area contributed by atoms with Gasteiger partial charge in [0.25, 0.3) is 0 Å². The van der Waals surface area contributed by atoms with E-state index in [9.17, 15) is 14.3 Å². The molecule has 0 heterocycles. The van der Waals surface area contributed by atoms with Crippen LogP contribution in [0.15, 0.2) is 48.5 Å². The third-order valence-electron chi connectivity index (χ3n) is 4.25. The first-order chi connectivity index (χ1) is 11.9. The van der Waals surface area contributed by atoms with Gasteiger partial charge in [0.2, 0.25) is 5.91 Å². The van der Waals surface area contributed by atoms with Crippen molar-refractivity contribution < 1.29 is 19.0 Å². The second kappa shape index (κ2) is 8.62. The van der Waals surface area contributed by atoms with E-state index in [1.807, 2.05) is 6.92 Å². The number of hydrogen-bond acceptors (Lipinski definition) is 3. The summed E-state index contributed by atoms with van der Waals surface area (Å²) in [6, 6.07) is 12.8. The quantitative estimate of drug-likeness (QED) is 0.807. The Balaban J connectivity index is 1.90. The molecule has 5 heteroatoms. The largest absolute Gasteiger partial charge is 0.497 e. The van der Waals surface area contributed by atoms with Crippen LogP contribution in [0.5, 0.6) is 5.75 Å². The van der Waals surface area contributed by atoms with Gasteiger partial charge >= 0.3 is 0 Å². The number of aliphatic hydroxyl groups excluding tert-OH is 1. The summed E-state index contributed by atoms with van der Waals surface area (Å²) in [6.07, 6.45) is -0.540. The molecule has 0 radical (unpaired) electrons. The highest BCUT2D eigenvalue weighted by Gasteiger charge is 2.20. The van der Waals surface area contributed by atoms with Gasteiger partial charge < -0.3 is 15.2 Å². The first kappa shape index (κ1) is 18.9. The van der Waals surface area contributed by atoms with Gasteiger partial charge in [-0.2, -0.15) is 0 Å². The molecule has 0 aromatic heterocycles. The first-order valence-electron chi connectivity index (χ1n) is 8.27. The van der Waals surface area contributed by atoms with Gasteiger partial charge in [-0.15, -0.1) is 0 Å². The number of rotatable bonds is 7. The van der Waals surface area contributed by atoms with E-state index in [1.54, 1.807) is 50.4 Å². The highest BCUT2D eigenvalue weighted by molar-refractivity contribution is 5.77. The minimum atomic E-state index is -0.809. The Labute approximate surface area is 147 Å². The van der Waals surface area contributed by atoms with Crippen LogP contribution in [0, 0.1) is 5.82 Å². The zero-order valence-corrected chi connectivity index (χ0v) is 14.7. The Hall–Kier alpha value is -2.40. The van der Waals surface area contributed by atoms with Gasteiger partial charge in [0.15, 0.2) is 0 Å². The molecule has 0 fully saturated rings. The third kappa shape index (κ3) is 5.29. The molecular formula is C20H24FNO3. The van der Waals surface area contributed by atoms with Crippen LogP contribution in [0.3, 0.4) is 0 Å². The van der Waals surface area contributed by atoms with Gasteiger partial charge in [-0.05, 0) is 48.2 Å². The van der Waals surface area contributed by atoms with Crippen molar-refractivity contribution in [2.75, 3.05) is 7.11 Å². The van der Waals surface area contributed by atoms with E-state index in [2.05, 4.69) is 5.32 Å². The average Bonchev–Trinajstić information content (AvgIpc) is 2.61. The van der Waals surface area contributed by atoms with E-state index >= 15 is 0 Å².